The van der Waals surface area contributed by atoms with Crippen LogP contribution in [0.3, 0.4) is 0 Å². The number of piperazine rings is 1. The van der Waals surface area contributed by atoms with Crippen molar-refractivity contribution in [3.8, 4) is 27.4 Å². The highest BCUT2D eigenvalue weighted by Crippen LogP contribution is 2.73. The van der Waals surface area contributed by atoms with E-state index in [2.05, 4.69) is 46.5 Å². The van der Waals surface area contributed by atoms with Gasteiger partial charge in [0.15, 0.2) is 17.2 Å². The lowest BCUT2D eigenvalue weighted by molar-refractivity contribution is -0.164. The predicted molar refractivity (Wildman–Crippen MR) is 242 cm³/mol. The highest BCUT2D eigenvalue weighted by molar-refractivity contribution is 7.13. The molecule has 15 nitrogen and oxygen atoms in total. The summed E-state index contributed by atoms with van der Waals surface area (Å²) in [5, 5.41) is 50.7. The standard InChI is InChI=1S/C48H55N9O6S/c1-28(2)48(62,44(61)57-22-33(58)20-36(57)43(60)51-45(4,5)32-12-10-30(11-13-32)41-29(3)49-27-64-41)39-21-40(54-63-39)56-16-14-55(15-17-56)26-46-23-47(24-46,25-46)38-19-31-18-35(52-53-42(31)50-38)34-8-6-7-9-37(34)59/h6-13,18-19,21,27-28,33,36,58-59,62H,14-17,20,22-26H2,1-5H3,(H,50,53)(H,51,60)/t33-,36?,46?,47?,48-/m1/s1. The number of carbonyl (C=O) groups is 2. The van der Waals surface area contributed by atoms with Crippen LogP contribution < -0.4 is 10.2 Å². The van der Waals surface area contributed by atoms with Crippen LogP contribution in [0.2, 0.25) is 0 Å². The van der Waals surface area contributed by atoms with Gasteiger partial charge in [-0.1, -0.05) is 55.4 Å². The first-order chi connectivity index (χ1) is 30.6. The molecule has 5 N–H and O–H groups in total. The van der Waals surface area contributed by atoms with Gasteiger partial charge in [-0.05, 0) is 86.8 Å². The quantitative estimate of drug-likeness (QED) is 0.0985. The number of para-hydroxylation sites is 1. The molecule has 0 radical (unpaired) electrons. The number of β-amino-alcohol motifs (C(OH)–C–C–N with tert-alkyl or cyclic N) is 1. The van der Waals surface area contributed by atoms with E-state index >= 15 is 0 Å². The van der Waals surface area contributed by atoms with Crippen LogP contribution in [0.4, 0.5) is 5.82 Å². The molecule has 64 heavy (non-hydrogen) atoms. The number of fused-ring (bicyclic) bond motifs is 1. The number of phenols is 1. The topological polar surface area (TPSA) is 197 Å². The fraction of sp³-hybridized carbons (Fsp3) is 0.458. The summed E-state index contributed by atoms with van der Waals surface area (Å²) in [6.07, 6.45) is 2.47. The molecule has 5 aliphatic rings. The predicted octanol–water partition coefficient (Wildman–Crippen LogP) is 5.85. The number of likely N-dealkylation sites (tertiary alicyclic amines) is 1. The number of benzene rings is 2. The van der Waals surface area contributed by atoms with Crippen molar-refractivity contribution < 1.29 is 29.4 Å². The van der Waals surface area contributed by atoms with Gasteiger partial charge in [-0.2, -0.15) is 0 Å². The van der Waals surface area contributed by atoms with Crippen molar-refractivity contribution >= 4 is 40.0 Å². The molecular weight excluding hydrogens is 831 g/mol. The zero-order valence-corrected chi connectivity index (χ0v) is 37.7. The number of nitrogens with zero attached hydrogens (tertiary/aromatic N) is 7. The minimum atomic E-state index is -2.12. The van der Waals surface area contributed by atoms with Crippen molar-refractivity contribution in [2.24, 2.45) is 11.3 Å². The van der Waals surface area contributed by atoms with Gasteiger partial charge in [0, 0.05) is 73.8 Å². The number of aliphatic hydroxyl groups is 2. The maximum absolute atomic E-state index is 14.5. The summed E-state index contributed by atoms with van der Waals surface area (Å²) >= 11 is 1.58. The first-order valence-electron chi connectivity index (χ1n) is 22.2. The number of hydrogen-bond acceptors (Lipinski definition) is 13. The van der Waals surface area contributed by atoms with Gasteiger partial charge in [-0.15, -0.1) is 21.5 Å². The fourth-order valence-electron chi connectivity index (χ4n) is 10.9. The number of phenolic OH excluding ortho intramolecular Hbond substituents is 1. The summed E-state index contributed by atoms with van der Waals surface area (Å²) in [6, 6.07) is 20.0. The Kier molecular flexibility index (Phi) is 10.2. The number of hydrogen-bond donors (Lipinski definition) is 5. The number of aryl methyl sites for hydroxylation is 1. The number of aromatic amines is 1. The van der Waals surface area contributed by atoms with E-state index in [0.717, 1.165) is 71.6 Å². The number of aromatic hydroxyl groups is 1. The molecule has 6 aromatic rings. The normalized spacial score (nSPS) is 24.4. The Balaban J connectivity index is 0.754. The summed E-state index contributed by atoms with van der Waals surface area (Å²) in [6.45, 7) is 13.3. The molecule has 16 heteroatoms. The number of rotatable bonds is 12. The second-order valence-electron chi connectivity index (χ2n) is 19.6. The zero-order chi connectivity index (χ0) is 44.8. The highest BCUT2D eigenvalue weighted by Gasteiger charge is 2.69. The molecule has 11 rings (SSSR count). The van der Waals surface area contributed by atoms with E-state index in [9.17, 15) is 24.9 Å². The minimum Gasteiger partial charge on any atom is -0.507 e. The van der Waals surface area contributed by atoms with Crippen LogP contribution in [0, 0.1) is 18.3 Å². The van der Waals surface area contributed by atoms with Gasteiger partial charge in [0.25, 0.3) is 5.91 Å². The molecule has 6 heterocycles. The van der Waals surface area contributed by atoms with Crippen molar-refractivity contribution in [1.82, 2.24) is 40.4 Å². The number of thiazole rings is 1. The molecule has 3 aliphatic carbocycles. The Morgan fingerprint density at radius 3 is 2.44 bits per heavy atom. The number of H-pyrrole nitrogens is 1. The van der Waals surface area contributed by atoms with E-state index in [4.69, 9.17) is 4.52 Å². The van der Waals surface area contributed by atoms with Gasteiger partial charge >= 0.3 is 0 Å². The van der Waals surface area contributed by atoms with E-state index in [1.54, 1.807) is 43.4 Å². The fourth-order valence-corrected chi connectivity index (χ4v) is 11.7. The molecule has 5 fully saturated rings. The Labute approximate surface area is 375 Å². The van der Waals surface area contributed by atoms with Crippen LogP contribution in [-0.4, -0.2) is 114 Å². The highest BCUT2D eigenvalue weighted by atomic mass is 32.1. The number of amides is 2. The van der Waals surface area contributed by atoms with E-state index in [0.29, 0.717) is 35.6 Å². The van der Waals surface area contributed by atoms with E-state index in [1.807, 2.05) is 68.7 Å². The number of nitrogens with one attached hydrogen (secondary N) is 2. The largest absolute Gasteiger partial charge is 0.507 e. The molecule has 0 spiro atoms. The smallest absolute Gasteiger partial charge is 0.263 e. The lowest BCUT2D eigenvalue weighted by atomic mass is 9.34. The first-order valence-corrected chi connectivity index (χ1v) is 23.1. The third-order valence-electron chi connectivity index (χ3n) is 14.5. The molecule has 3 atom stereocenters. The lowest BCUT2D eigenvalue weighted by Gasteiger charge is -2.71. The summed E-state index contributed by atoms with van der Waals surface area (Å²) in [4.78, 5) is 43.4. The molecule has 334 valence electrons. The molecule has 2 aromatic carbocycles. The van der Waals surface area contributed by atoms with Crippen molar-refractivity contribution in [3.63, 3.8) is 0 Å². The van der Waals surface area contributed by atoms with E-state index in [-0.39, 0.29) is 29.9 Å². The number of carbonyl (C=O) groups excluding carboxylic acids is 2. The first kappa shape index (κ1) is 42.3. The second-order valence-corrected chi connectivity index (χ2v) is 20.5. The molecule has 2 bridgehead atoms. The SMILES string of the molecule is Cc1ncsc1-c1ccc(C(C)(C)NC(=O)C2C[C@@H](O)CN2C(=O)[C@](O)(c2cc(N3CCN(CC45CC(c6cc7cc(-c8ccccc8O)nnc7[nH]6)(C4)C5)CC3)no2)C(C)C)cc1. The Morgan fingerprint density at radius 1 is 1.02 bits per heavy atom. The second kappa shape index (κ2) is 15.5. The van der Waals surface area contributed by atoms with Gasteiger partial charge in [-0.25, -0.2) is 4.98 Å². The summed E-state index contributed by atoms with van der Waals surface area (Å²) in [5.41, 5.74) is 5.51. The van der Waals surface area contributed by atoms with E-state index < -0.39 is 41.0 Å². The van der Waals surface area contributed by atoms with Gasteiger partial charge in [-0.3, -0.25) is 14.5 Å². The summed E-state index contributed by atoms with van der Waals surface area (Å²) < 4.78 is 5.79. The zero-order valence-electron chi connectivity index (χ0n) is 36.8. The average Bonchev–Trinajstić information content (AvgIpc) is 4.08. The summed E-state index contributed by atoms with van der Waals surface area (Å²) in [7, 11) is 0. The van der Waals surface area contributed by atoms with E-state index in [1.165, 1.54) is 10.6 Å². The van der Waals surface area contributed by atoms with Crippen molar-refractivity contribution in [1.29, 1.82) is 0 Å². The lowest BCUT2D eigenvalue weighted by Crippen LogP contribution is -2.69. The van der Waals surface area contributed by atoms with Crippen LogP contribution in [0.1, 0.15) is 76.1 Å². The number of anilines is 1. The van der Waals surface area contributed by atoms with Crippen LogP contribution in [0.5, 0.6) is 5.75 Å². The Morgan fingerprint density at radius 2 is 1.75 bits per heavy atom. The van der Waals surface area contributed by atoms with Crippen molar-refractivity contribution in [2.45, 2.75) is 89.0 Å². The number of aromatic nitrogens is 5. The van der Waals surface area contributed by atoms with Gasteiger partial charge < -0.3 is 39.9 Å². The van der Waals surface area contributed by atoms with Gasteiger partial charge in [0.1, 0.15) is 11.8 Å². The van der Waals surface area contributed by atoms with Gasteiger partial charge in [0.05, 0.1) is 33.4 Å². The van der Waals surface area contributed by atoms with Crippen molar-refractivity contribution in [3.05, 3.63) is 95.0 Å². The minimum absolute atomic E-state index is 0.0126. The van der Waals surface area contributed by atoms with Gasteiger partial charge in [0.2, 0.25) is 11.5 Å². The Hall–Kier alpha value is -5.68. The maximum Gasteiger partial charge on any atom is 0.263 e. The van der Waals surface area contributed by atoms with Crippen LogP contribution >= 0.6 is 11.3 Å². The Bertz CT molecular complexity index is 2720. The van der Waals surface area contributed by atoms with Crippen LogP contribution in [-0.2, 0) is 26.1 Å². The monoisotopic (exact) mass is 885 g/mol. The van der Waals surface area contributed by atoms with Crippen LogP contribution in [0.25, 0.3) is 32.7 Å². The number of aliphatic hydroxyl groups excluding tert-OH is 1. The molecule has 3 saturated carbocycles. The molecular formula is C48H55N9O6S. The molecule has 1 unspecified atom stereocenters. The molecule has 2 saturated heterocycles. The third-order valence-corrected chi connectivity index (χ3v) is 15.4. The molecule has 4 aromatic heterocycles. The maximum atomic E-state index is 14.5. The van der Waals surface area contributed by atoms with Crippen LogP contribution in [0.15, 0.2) is 76.8 Å². The molecule has 2 aliphatic heterocycles. The van der Waals surface area contributed by atoms with Crippen molar-refractivity contribution in [2.75, 3.05) is 44.2 Å². The average molecular weight is 886 g/mol. The molecule has 2 amide bonds. The summed E-state index contributed by atoms with van der Waals surface area (Å²) in [5.74, 6) is -1.01. The third kappa shape index (κ3) is 7.14.